The average Bonchev–Trinajstić information content (AvgIpc) is 2.70. The van der Waals surface area contributed by atoms with Gasteiger partial charge in [-0.15, -0.1) is 0 Å². The van der Waals surface area contributed by atoms with Gasteiger partial charge in [0.2, 0.25) is 5.95 Å². The number of anilines is 2. The Labute approximate surface area is 157 Å². The van der Waals surface area contributed by atoms with Crippen molar-refractivity contribution in [2.24, 2.45) is 0 Å². The molecule has 2 aromatic carbocycles. The molecule has 144 valence electrons. The number of halogens is 4. The molecule has 0 radical (unpaired) electrons. The van der Waals surface area contributed by atoms with Crippen molar-refractivity contribution in [2.45, 2.75) is 6.42 Å². The van der Waals surface area contributed by atoms with Crippen LogP contribution in [0.25, 0.3) is 0 Å². The van der Waals surface area contributed by atoms with Crippen LogP contribution in [0.15, 0.2) is 48.7 Å². The average molecular weight is 390 g/mol. The minimum atomic E-state index is -1.63. The number of nitrogens with zero attached hydrogens (tertiary/aromatic N) is 2. The van der Waals surface area contributed by atoms with Crippen molar-refractivity contribution in [3.8, 4) is 0 Å². The highest BCUT2D eigenvalue weighted by atomic mass is 19.2. The minimum Gasteiger partial charge on any atom is -0.350 e. The van der Waals surface area contributed by atoms with E-state index in [9.17, 15) is 22.4 Å². The van der Waals surface area contributed by atoms with Crippen molar-refractivity contribution in [3.63, 3.8) is 0 Å². The molecule has 0 atom stereocenters. The second-order valence-electron chi connectivity index (χ2n) is 5.71. The third-order valence-corrected chi connectivity index (χ3v) is 3.81. The van der Waals surface area contributed by atoms with E-state index in [2.05, 4.69) is 20.6 Å². The van der Waals surface area contributed by atoms with Crippen LogP contribution in [0, 0.1) is 23.3 Å². The van der Waals surface area contributed by atoms with Gasteiger partial charge in [-0.05, 0) is 36.2 Å². The zero-order valence-corrected chi connectivity index (χ0v) is 14.3. The lowest BCUT2D eigenvalue weighted by atomic mass is 10.1. The molecule has 5 nitrogen and oxygen atoms in total. The minimum absolute atomic E-state index is 0.0333. The molecule has 0 bridgehead atoms. The highest BCUT2D eigenvalue weighted by Crippen LogP contribution is 2.22. The Morgan fingerprint density at radius 2 is 1.71 bits per heavy atom. The van der Waals surface area contributed by atoms with Crippen LogP contribution in [0.1, 0.15) is 16.1 Å². The maximum absolute atomic E-state index is 13.7. The second-order valence-corrected chi connectivity index (χ2v) is 5.71. The van der Waals surface area contributed by atoms with E-state index in [1.807, 2.05) is 0 Å². The van der Waals surface area contributed by atoms with Crippen molar-refractivity contribution >= 4 is 17.5 Å². The van der Waals surface area contributed by atoms with Gasteiger partial charge in [0.05, 0.1) is 5.69 Å². The van der Waals surface area contributed by atoms with Crippen LogP contribution < -0.4 is 10.6 Å². The largest absolute Gasteiger partial charge is 0.350 e. The van der Waals surface area contributed by atoms with E-state index in [0.29, 0.717) is 5.56 Å². The van der Waals surface area contributed by atoms with Gasteiger partial charge in [-0.25, -0.2) is 27.5 Å². The molecule has 1 heterocycles. The van der Waals surface area contributed by atoms with E-state index >= 15 is 0 Å². The number of aromatic nitrogens is 2. The Bertz CT molecular complexity index is 1010. The number of nitrogens with one attached hydrogen (secondary N) is 2. The molecule has 0 aliphatic carbocycles. The Morgan fingerprint density at radius 3 is 2.50 bits per heavy atom. The summed E-state index contributed by atoms with van der Waals surface area (Å²) in [4.78, 5) is 19.9. The third kappa shape index (κ3) is 4.43. The van der Waals surface area contributed by atoms with Crippen molar-refractivity contribution < 1.29 is 22.4 Å². The lowest BCUT2D eigenvalue weighted by Crippen LogP contribution is -2.27. The monoisotopic (exact) mass is 390 g/mol. The molecule has 0 saturated carbocycles. The number of rotatable bonds is 6. The van der Waals surface area contributed by atoms with Crippen LogP contribution in [0.5, 0.6) is 0 Å². The molecule has 0 fully saturated rings. The van der Waals surface area contributed by atoms with Crippen LogP contribution in [0.4, 0.5) is 29.2 Å². The summed E-state index contributed by atoms with van der Waals surface area (Å²) in [6, 6.07) is 9.27. The van der Waals surface area contributed by atoms with Gasteiger partial charge in [0.25, 0.3) is 5.91 Å². The van der Waals surface area contributed by atoms with Crippen molar-refractivity contribution in [1.82, 2.24) is 15.3 Å². The van der Waals surface area contributed by atoms with Crippen molar-refractivity contribution in [3.05, 3.63) is 83.2 Å². The Balaban J connectivity index is 1.65. The van der Waals surface area contributed by atoms with Gasteiger partial charge < -0.3 is 10.6 Å². The molecular formula is C19H14F4N4O. The molecule has 1 amide bonds. The lowest BCUT2D eigenvalue weighted by Gasteiger charge is -2.09. The number of benzene rings is 2. The number of hydrogen-bond donors (Lipinski definition) is 2. The summed E-state index contributed by atoms with van der Waals surface area (Å²) in [6.07, 6.45) is 1.54. The first kappa shape index (κ1) is 19.3. The predicted molar refractivity (Wildman–Crippen MR) is 94.1 cm³/mol. The first-order valence-electron chi connectivity index (χ1n) is 8.21. The lowest BCUT2D eigenvalue weighted by molar-refractivity contribution is 0.0949. The highest BCUT2D eigenvalue weighted by molar-refractivity contribution is 5.92. The molecule has 0 aliphatic heterocycles. The normalized spacial score (nSPS) is 10.6. The molecule has 3 aromatic rings. The number of hydrogen-bond acceptors (Lipinski definition) is 4. The third-order valence-electron chi connectivity index (χ3n) is 3.81. The van der Waals surface area contributed by atoms with Gasteiger partial charge in [0.15, 0.2) is 17.5 Å². The summed E-state index contributed by atoms with van der Waals surface area (Å²) in [7, 11) is 0. The SMILES string of the molecule is O=C(NCCc1ccccc1F)c1ccnc(Nc2ccc(F)c(F)c2F)n1. The van der Waals surface area contributed by atoms with Gasteiger partial charge in [-0.2, -0.15) is 0 Å². The van der Waals surface area contributed by atoms with Crippen molar-refractivity contribution in [1.29, 1.82) is 0 Å². The van der Waals surface area contributed by atoms with Crippen LogP contribution in [0.3, 0.4) is 0 Å². The molecule has 2 N–H and O–H groups in total. The summed E-state index contributed by atoms with van der Waals surface area (Å²) in [5, 5.41) is 4.98. The Hall–Kier alpha value is -3.49. The fourth-order valence-corrected chi connectivity index (χ4v) is 2.39. The maximum Gasteiger partial charge on any atom is 0.270 e. The molecule has 0 aliphatic rings. The molecule has 0 spiro atoms. The van der Waals surface area contributed by atoms with Crippen LogP contribution >= 0.6 is 0 Å². The van der Waals surface area contributed by atoms with Crippen LogP contribution in [-0.4, -0.2) is 22.4 Å². The zero-order chi connectivity index (χ0) is 20.1. The van der Waals surface area contributed by atoms with Crippen LogP contribution in [-0.2, 0) is 6.42 Å². The summed E-state index contributed by atoms with van der Waals surface area (Å²) in [5.74, 6) is -5.47. The van der Waals surface area contributed by atoms with E-state index in [4.69, 9.17) is 0 Å². The van der Waals surface area contributed by atoms with Gasteiger partial charge in [-0.1, -0.05) is 18.2 Å². The van der Waals surface area contributed by atoms with E-state index in [1.54, 1.807) is 18.2 Å². The topological polar surface area (TPSA) is 66.9 Å². The van der Waals surface area contributed by atoms with Crippen molar-refractivity contribution in [2.75, 3.05) is 11.9 Å². The van der Waals surface area contributed by atoms with Gasteiger partial charge in [0.1, 0.15) is 11.5 Å². The summed E-state index contributed by atoms with van der Waals surface area (Å²) in [6.45, 7) is 0.171. The molecule has 0 unspecified atom stereocenters. The van der Waals surface area contributed by atoms with E-state index in [0.717, 1.165) is 12.1 Å². The predicted octanol–water partition coefficient (Wildman–Crippen LogP) is 3.75. The van der Waals surface area contributed by atoms with E-state index < -0.39 is 23.4 Å². The smallest absolute Gasteiger partial charge is 0.270 e. The van der Waals surface area contributed by atoms with E-state index in [1.165, 1.54) is 18.3 Å². The van der Waals surface area contributed by atoms with Crippen LogP contribution in [0.2, 0.25) is 0 Å². The standard InChI is InChI=1S/C19H14F4N4O/c20-12-4-2-1-3-11(12)7-9-24-18(28)15-8-10-25-19(27-15)26-14-6-5-13(21)16(22)17(14)23/h1-6,8,10H,7,9H2,(H,24,28)(H,25,26,27). The Morgan fingerprint density at radius 1 is 0.929 bits per heavy atom. The number of carbonyl (C=O) groups is 1. The second kappa shape index (κ2) is 8.47. The molecule has 0 saturated heterocycles. The molecular weight excluding hydrogens is 376 g/mol. The fraction of sp³-hybridized carbons (Fsp3) is 0.105. The zero-order valence-electron chi connectivity index (χ0n) is 14.3. The first-order chi connectivity index (χ1) is 13.5. The highest BCUT2D eigenvalue weighted by Gasteiger charge is 2.15. The molecule has 1 aromatic heterocycles. The Kier molecular flexibility index (Phi) is 5.83. The van der Waals surface area contributed by atoms with E-state index in [-0.39, 0.29) is 36.1 Å². The maximum atomic E-state index is 13.7. The van der Waals surface area contributed by atoms with Gasteiger partial charge in [0, 0.05) is 12.7 Å². The summed E-state index contributed by atoms with van der Waals surface area (Å²) in [5.41, 5.74) is 0.0479. The first-order valence-corrected chi connectivity index (χ1v) is 8.21. The number of carbonyl (C=O) groups excluding carboxylic acids is 1. The summed E-state index contributed by atoms with van der Waals surface area (Å²) < 4.78 is 53.6. The summed E-state index contributed by atoms with van der Waals surface area (Å²) >= 11 is 0. The molecule has 9 heteroatoms. The van der Waals surface area contributed by atoms with Gasteiger partial charge >= 0.3 is 0 Å². The molecule has 28 heavy (non-hydrogen) atoms. The molecule has 3 rings (SSSR count). The van der Waals surface area contributed by atoms with Gasteiger partial charge in [-0.3, -0.25) is 4.79 Å². The number of amides is 1. The quantitative estimate of drug-likeness (QED) is 0.497. The fourth-order valence-electron chi connectivity index (χ4n) is 2.39.